The van der Waals surface area contributed by atoms with Gasteiger partial charge in [-0.05, 0) is 29.8 Å². The molecule has 2 aromatic carbocycles. The molecule has 0 N–H and O–H groups in total. The molecule has 5 nitrogen and oxygen atoms in total. The molecule has 0 aliphatic heterocycles. The fraction of sp³-hybridized carbons (Fsp3) is 0.158. The third-order valence-corrected chi connectivity index (χ3v) is 3.40. The SMILES string of the molecule is COCc1cccc(C(=O)OCc2coc(-c3ccccc3)n2)c1. The van der Waals surface area contributed by atoms with E-state index in [-0.39, 0.29) is 6.61 Å². The van der Waals surface area contributed by atoms with E-state index in [2.05, 4.69) is 4.98 Å². The van der Waals surface area contributed by atoms with E-state index >= 15 is 0 Å². The smallest absolute Gasteiger partial charge is 0.338 e. The maximum Gasteiger partial charge on any atom is 0.338 e. The van der Waals surface area contributed by atoms with Crippen molar-refractivity contribution < 1.29 is 18.7 Å². The summed E-state index contributed by atoms with van der Waals surface area (Å²) in [7, 11) is 1.61. The minimum atomic E-state index is -0.405. The number of hydrogen-bond acceptors (Lipinski definition) is 5. The van der Waals surface area contributed by atoms with Gasteiger partial charge in [0.15, 0.2) is 0 Å². The van der Waals surface area contributed by atoms with E-state index in [0.29, 0.717) is 23.8 Å². The Kier molecular flexibility index (Phi) is 5.03. The molecule has 0 spiro atoms. The van der Waals surface area contributed by atoms with E-state index in [0.717, 1.165) is 11.1 Å². The highest BCUT2D eigenvalue weighted by Gasteiger charge is 2.11. The first-order valence-corrected chi connectivity index (χ1v) is 7.51. The standard InChI is InChI=1S/C19H17NO4/c1-22-11-14-6-5-9-16(10-14)19(21)24-13-17-12-23-18(20-17)15-7-3-2-4-8-15/h2-10,12H,11,13H2,1H3. The molecule has 0 aliphatic rings. The molecule has 1 heterocycles. The zero-order valence-electron chi connectivity index (χ0n) is 13.3. The van der Waals surface area contributed by atoms with Crippen LogP contribution in [0.2, 0.25) is 0 Å². The van der Waals surface area contributed by atoms with Crippen molar-refractivity contribution in [3.8, 4) is 11.5 Å². The van der Waals surface area contributed by atoms with Gasteiger partial charge < -0.3 is 13.9 Å². The quantitative estimate of drug-likeness (QED) is 0.645. The van der Waals surface area contributed by atoms with Gasteiger partial charge in [0.25, 0.3) is 0 Å². The van der Waals surface area contributed by atoms with E-state index in [1.54, 1.807) is 25.3 Å². The first-order chi connectivity index (χ1) is 11.8. The maximum absolute atomic E-state index is 12.1. The van der Waals surface area contributed by atoms with Crippen molar-refractivity contribution >= 4 is 5.97 Å². The van der Waals surface area contributed by atoms with Crippen molar-refractivity contribution in [1.82, 2.24) is 4.98 Å². The molecule has 0 fully saturated rings. The minimum Gasteiger partial charge on any atom is -0.455 e. The van der Waals surface area contributed by atoms with E-state index in [4.69, 9.17) is 13.9 Å². The first-order valence-electron chi connectivity index (χ1n) is 7.51. The van der Waals surface area contributed by atoms with Crippen molar-refractivity contribution in [3.05, 3.63) is 77.7 Å². The topological polar surface area (TPSA) is 61.6 Å². The van der Waals surface area contributed by atoms with Gasteiger partial charge in [-0.2, -0.15) is 0 Å². The second kappa shape index (κ2) is 7.57. The van der Waals surface area contributed by atoms with Gasteiger partial charge in [0.1, 0.15) is 18.6 Å². The van der Waals surface area contributed by atoms with E-state index in [1.807, 2.05) is 36.4 Å². The molecule has 122 valence electrons. The second-order valence-corrected chi connectivity index (χ2v) is 5.22. The number of methoxy groups -OCH3 is 1. The molecular weight excluding hydrogens is 306 g/mol. The predicted octanol–water partition coefficient (Wildman–Crippen LogP) is 3.85. The van der Waals surface area contributed by atoms with E-state index < -0.39 is 5.97 Å². The van der Waals surface area contributed by atoms with Crippen LogP contribution in [0.1, 0.15) is 21.6 Å². The zero-order chi connectivity index (χ0) is 16.8. The lowest BCUT2D eigenvalue weighted by Crippen LogP contribution is -2.06. The van der Waals surface area contributed by atoms with E-state index in [9.17, 15) is 4.79 Å². The van der Waals surface area contributed by atoms with Gasteiger partial charge in [-0.15, -0.1) is 0 Å². The van der Waals surface area contributed by atoms with Crippen LogP contribution >= 0.6 is 0 Å². The highest BCUT2D eigenvalue weighted by Crippen LogP contribution is 2.18. The Hall–Kier alpha value is -2.92. The normalized spacial score (nSPS) is 10.5. The lowest BCUT2D eigenvalue weighted by Gasteiger charge is -2.05. The van der Waals surface area contributed by atoms with Gasteiger partial charge in [0, 0.05) is 12.7 Å². The summed E-state index contributed by atoms with van der Waals surface area (Å²) in [6.07, 6.45) is 1.50. The molecule has 0 amide bonds. The Morgan fingerprint density at radius 1 is 1.08 bits per heavy atom. The highest BCUT2D eigenvalue weighted by molar-refractivity contribution is 5.89. The monoisotopic (exact) mass is 323 g/mol. The van der Waals surface area contributed by atoms with Gasteiger partial charge in [0.05, 0.1) is 12.2 Å². The molecular formula is C19H17NO4. The van der Waals surface area contributed by atoms with Gasteiger partial charge in [-0.25, -0.2) is 9.78 Å². The molecule has 5 heteroatoms. The molecule has 0 atom stereocenters. The summed E-state index contributed by atoms with van der Waals surface area (Å²) in [5.41, 5.74) is 2.84. The number of carbonyl (C=O) groups excluding carboxylic acids is 1. The number of hydrogen-bond donors (Lipinski definition) is 0. The Bertz CT molecular complexity index is 811. The van der Waals surface area contributed by atoms with Crippen LogP contribution in [0.15, 0.2) is 65.3 Å². The summed E-state index contributed by atoms with van der Waals surface area (Å²) in [5, 5.41) is 0. The van der Waals surface area contributed by atoms with E-state index in [1.165, 1.54) is 6.26 Å². The molecule has 3 aromatic rings. The average Bonchev–Trinajstić information content (AvgIpc) is 3.10. The summed E-state index contributed by atoms with van der Waals surface area (Å²) in [4.78, 5) is 16.5. The molecule has 0 saturated carbocycles. The molecule has 0 radical (unpaired) electrons. The summed E-state index contributed by atoms with van der Waals surface area (Å²) < 4.78 is 15.8. The van der Waals surface area contributed by atoms with Crippen LogP contribution in [-0.2, 0) is 22.7 Å². The lowest BCUT2D eigenvalue weighted by molar-refractivity contribution is 0.0467. The minimum absolute atomic E-state index is 0.0592. The summed E-state index contributed by atoms with van der Waals surface area (Å²) in [6.45, 7) is 0.508. The predicted molar refractivity (Wildman–Crippen MR) is 88.2 cm³/mol. The first kappa shape index (κ1) is 16.0. The summed E-state index contributed by atoms with van der Waals surface area (Å²) in [6, 6.07) is 16.7. The number of aromatic nitrogens is 1. The summed E-state index contributed by atoms with van der Waals surface area (Å²) in [5.74, 6) is 0.0981. The number of oxazole rings is 1. The zero-order valence-corrected chi connectivity index (χ0v) is 13.3. The number of carbonyl (C=O) groups is 1. The lowest BCUT2D eigenvalue weighted by atomic mass is 10.1. The van der Waals surface area contributed by atoms with Crippen molar-refractivity contribution in [2.24, 2.45) is 0 Å². The fourth-order valence-corrected chi connectivity index (χ4v) is 2.26. The van der Waals surface area contributed by atoms with Crippen LogP contribution in [0, 0.1) is 0 Å². The largest absolute Gasteiger partial charge is 0.455 e. The van der Waals surface area contributed by atoms with Crippen LogP contribution in [0.4, 0.5) is 0 Å². The second-order valence-electron chi connectivity index (χ2n) is 5.22. The Morgan fingerprint density at radius 3 is 2.71 bits per heavy atom. The molecule has 0 bridgehead atoms. The maximum atomic E-state index is 12.1. The van der Waals surface area contributed by atoms with Crippen molar-refractivity contribution in [3.63, 3.8) is 0 Å². The van der Waals surface area contributed by atoms with Crippen molar-refractivity contribution in [1.29, 1.82) is 0 Å². The third kappa shape index (κ3) is 3.88. The highest BCUT2D eigenvalue weighted by atomic mass is 16.5. The Morgan fingerprint density at radius 2 is 1.92 bits per heavy atom. The average molecular weight is 323 g/mol. The van der Waals surface area contributed by atoms with Gasteiger partial charge >= 0.3 is 5.97 Å². The number of benzene rings is 2. The third-order valence-electron chi connectivity index (χ3n) is 3.40. The molecule has 1 aromatic heterocycles. The van der Waals surface area contributed by atoms with Crippen molar-refractivity contribution in [2.75, 3.05) is 7.11 Å². The molecule has 0 saturated heterocycles. The summed E-state index contributed by atoms with van der Waals surface area (Å²) >= 11 is 0. The number of ether oxygens (including phenoxy) is 2. The van der Waals surface area contributed by atoms with Gasteiger partial charge in [-0.3, -0.25) is 0 Å². The Labute approximate surface area is 139 Å². The number of rotatable bonds is 6. The fourth-order valence-electron chi connectivity index (χ4n) is 2.26. The van der Waals surface area contributed by atoms with Crippen LogP contribution in [0.5, 0.6) is 0 Å². The van der Waals surface area contributed by atoms with Crippen LogP contribution in [0.3, 0.4) is 0 Å². The van der Waals surface area contributed by atoms with Gasteiger partial charge in [-0.1, -0.05) is 30.3 Å². The molecule has 3 rings (SSSR count). The Balaban J connectivity index is 1.62. The van der Waals surface area contributed by atoms with Crippen LogP contribution in [0.25, 0.3) is 11.5 Å². The number of nitrogens with zero attached hydrogens (tertiary/aromatic N) is 1. The molecule has 24 heavy (non-hydrogen) atoms. The molecule has 0 aliphatic carbocycles. The van der Waals surface area contributed by atoms with Crippen LogP contribution < -0.4 is 0 Å². The number of esters is 1. The molecule has 0 unspecified atom stereocenters. The van der Waals surface area contributed by atoms with Gasteiger partial charge in [0.2, 0.25) is 5.89 Å². The van der Waals surface area contributed by atoms with Crippen LogP contribution in [-0.4, -0.2) is 18.1 Å². The van der Waals surface area contributed by atoms with Crippen molar-refractivity contribution in [2.45, 2.75) is 13.2 Å².